The van der Waals surface area contributed by atoms with Crippen molar-refractivity contribution in [1.29, 1.82) is 0 Å². The molecular formula is C34H61NO12SSi. The lowest BCUT2D eigenvalue weighted by Crippen LogP contribution is -2.46. The predicted molar refractivity (Wildman–Crippen MR) is 192 cm³/mol. The van der Waals surface area contributed by atoms with E-state index in [1.807, 2.05) is 44.7 Å². The minimum absolute atomic E-state index is 0.0291. The van der Waals surface area contributed by atoms with Crippen molar-refractivity contribution in [1.82, 2.24) is 0 Å². The van der Waals surface area contributed by atoms with Gasteiger partial charge in [0.2, 0.25) is 0 Å². The maximum Gasteiger partial charge on any atom is 0.500 e. The number of benzene rings is 1. The smallest absolute Gasteiger partial charge is 0.494 e. The van der Waals surface area contributed by atoms with Gasteiger partial charge in [-0.25, -0.2) is 4.79 Å². The van der Waals surface area contributed by atoms with E-state index in [1.54, 1.807) is 12.1 Å². The SMILES string of the molecule is CCO[Si](CCCSCCCCCOc1ccc(NC(=O)OCC2COCCOCCOCCOCCOCCO2)cc1)(OCC)OCC. The maximum absolute atomic E-state index is 12.5. The number of anilines is 1. The second-order valence-electron chi connectivity index (χ2n) is 10.9. The molecule has 1 unspecified atom stereocenters. The monoisotopic (exact) mass is 735 g/mol. The highest BCUT2D eigenvalue weighted by atomic mass is 32.2. The highest BCUT2D eigenvalue weighted by molar-refractivity contribution is 7.99. The fourth-order valence-corrected chi connectivity index (χ4v) is 8.47. The first-order valence-electron chi connectivity index (χ1n) is 17.8. The number of nitrogens with one attached hydrogen (secondary N) is 1. The summed E-state index contributed by atoms with van der Waals surface area (Å²) in [6, 6.07) is 8.11. The van der Waals surface area contributed by atoms with E-state index >= 15 is 0 Å². The molecule has 1 amide bonds. The number of unbranched alkanes of at least 4 members (excludes halogenated alkanes) is 2. The van der Waals surface area contributed by atoms with Gasteiger partial charge in [-0.3, -0.25) is 5.32 Å². The summed E-state index contributed by atoms with van der Waals surface area (Å²) in [5.41, 5.74) is 0.608. The Balaban J connectivity index is 1.58. The number of carbonyl (C=O) groups excluding carboxylic acids is 1. The van der Waals surface area contributed by atoms with Crippen molar-refractivity contribution in [3.05, 3.63) is 24.3 Å². The fourth-order valence-electron chi connectivity index (χ4n) is 4.64. The molecule has 0 spiro atoms. The third-order valence-corrected chi connectivity index (χ3v) is 11.2. The summed E-state index contributed by atoms with van der Waals surface area (Å²) >= 11 is 1.97. The van der Waals surface area contributed by atoms with E-state index in [1.165, 1.54) is 0 Å². The van der Waals surface area contributed by atoms with Crippen LogP contribution < -0.4 is 10.1 Å². The minimum Gasteiger partial charge on any atom is -0.494 e. The molecule has 1 aliphatic rings. The van der Waals surface area contributed by atoms with Gasteiger partial charge in [0.05, 0.1) is 79.3 Å². The Labute approximate surface area is 298 Å². The van der Waals surface area contributed by atoms with Crippen LogP contribution >= 0.6 is 11.8 Å². The van der Waals surface area contributed by atoms with Crippen molar-refractivity contribution in [2.24, 2.45) is 0 Å². The number of rotatable bonds is 20. The summed E-state index contributed by atoms with van der Waals surface area (Å²) in [5.74, 6) is 2.96. The second-order valence-corrected chi connectivity index (χ2v) is 14.8. The van der Waals surface area contributed by atoms with E-state index in [0.717, 1.165) is 49.0 Å². The summed E-state index contributed by atoms with van der Waals surface area (Å²) in [6.45, 7) is 13.2. The molecule has 0 aliphatic carbocycles. The third-order valence-electron chi connectivity index (χ3n) is 6.94. The van der Waals surface area contributed by atoms with Gasteiger partial charge in [0.15, 0.2) is 0 Å². The number of hydrogen-bond acceptors (Lipinski definition) is 13. The first kappa shape index (κ1) is 43.7. The standard InChI is InChI=1S/C34H61NO12SSi/c1-4-45-49(46-5-2,47-6-3)28-10-27-48-26-9-7-8-15-42-32-13-11-31(12-14-32)35-34(36)44-30-33-29-41-23-22-39-19-18-37-16-17-38-20-21-40-24-25-43-33/h11-14,33H,4-10,15-30H2,1-3H3,(H,35,36). The lowest BCUT2D eigenvalue weighted by Gasteiger charge is -2.28. The average molecular weight is 736 g/mol. The number of ether oxygens (including phenoxy) is 8. The van der Waals surface area contributed by atoms with Crippen LogP contribution in [0.3, 0.4) is 0 Å². The summed E-state index contributed by atoms with van der Waals surface area (Å²) in [5, 5.41) is 2.74. The van der Waals surface area contributed by atoms with Crippen molar-refractivity contribution in [3.63, 3.8) is 0 Å². The molecule has 2 rings (SSSR count). The molecule has 284 valence electrons. The van der Waals surface area contributed by atoms with Crippen molar-refractivity contribution in [2.75, 3.05) is 123 Å². The molecule has 0 aromatic heterocycles. The van der Waals surface area contributed by atoms with Crippen LogP contribution in [0.4, 0.5) is 10.5 Å². The maximum atomic E-state index is 12.5. The third kappa shape index (κ3) is 22.8. The topological polar surface area (TPSA) is 131 Å². The zero-order chi connectivity index (χ0) is 35.1. The first-order valence-corrected chi connectivity index (χ1v) is 20.9. The van der Waals surface area contributed by atoms with Gasteiger partial charge in [-0.2, -0.15) is 11.8 Å². The molecule has 15 heteroatoms. The van der Waals surface area contributed by atoms with Crippen LogP contribution in [0, 0.1) is 0 Å². The summed E-state index contributed by atoms with van der Waals surface area (Å²) in [7, 11) is -2.53. The van der Waals surface area contributed by atoms with E-state index in [0.29, 0.717) is 98.2 Å². The lowest BCUT2D eigenvalue weighted by atomic mass is 10.2. The van der Waals surface area contributed by atoms with Gasteiger partial charge in [0.25, 0.3) is 0 Å². The largest absolute Gasteiger partial charge is 0.500 e. The minimum atomic E-state index is -2.53. The molecule has 0 saturated carbocycles. The summed E-state index contributed by atoms with van der Waals surface area (Å²) in [4.78, 5) is 12.5. The van der Waals surface area contributed by atoms with Crippen LogP contribution in [0.1, 0.15) is 46.5 Å². The normalized spacial score (nSPS) is 17.9. The van der Waals surface area contributed by atoms with Crippen LogP contribution in [0.5, 0.6) is 5.75 Å². The molecular weight excluding hydrogens is 675 g/mol. The number of hydrogen-bond donors (Lipinski definition) is 1. The second kappa shape index (κ2) is 30.2. The van der Waals surface area contributed by atoms with E-state index in [-0.39, 0.29) is 13.2 Å². The van der Waals surface area contributed by atoms with Crippen LogP contribution in [-0.2, 0) is 46.4 Å². The predicted octanol–water partition coefficient (Wildman–Crippen LogP) is 5.44. The molecule has 1 aromatic rings. The number of carbonyl (C=O) groups is 1. The molecule has 1 atom stereocenters. The van der Waals surface area contributed by atoms with Crippen LogP contribution in [-0.4, -0.2) is 138 Å². The van der Waals surface area contributed by atoms with E-state index < -0.39 is 21.0 Å². The Morgan fingerprint density at radius 3 is 1.88 bits per heavy atom. The van der Waals surface area contributed by atoms with Crippen molar-refractivity contribution in [3.8, 4) is 5.75 Å². The highest BCUT2D eigenvalue weighted by Crippen LogP contribution is 2.21. The highest BCUT2D eigenvalue weighted by Gasteiger charge is 2.39. The summed E-state index contributed by atoms with van der Waals surface area (Å²) < 4.78 is 62.5. The molecule has 1 aromatic carbocycles. The molecule has 0 bridgehead atoms. The van der Waals surface area contributed by atoms with E-state index in [9.17, 15) is 4.79 Å². The lowest BCUT2D eigenvalue weighted by molar-refractivity contribution is -0.0746. The van der Waals surface area contributed by atoms with Gasteiger partial charge < -0.3 is 51.2 Å². The number of amides is 1. The van der Waals surface area contributed by atoms with Crippen LogP contribution in [0.2, 0.25) is 6.04 Å². The van der Waals surface area contributed by atoms with Crippen molar-refractivity contribution in [2.45, 2.75) is 58.6 Å². The first-order chi connectivity index (χ1) is 24.1. The van der Waals surface area contributed by atoms with Crippen LogP contribution in [0.15, 0.2) is 24.3 Å². The molecule has 1 heterocycles. The van der Waals surface area contributed by atoms with Gasteiger partial charge in [0.1, 0.15) is 18.5 Å². The Morgan fingerprint density at radius 2 is 1.29 bits per heavy atom. The molecule has 1 fully saturated rings. The van der Waals surface area contributed by atoms with E-state index in [2.05, 4.69) is 5.32 Å². The molecule has 1 saturated heterocycles. The summed E-state index contributed by atoms with van der Waals surface area (Å²) in [6.07, 6.45) is 3.25. The van der Waals surface area contributed by atoms with Gasteiger partial charge in [-0.05, 0) is 82.2 Å². The number of thioether (sulfide) groups is 1. The van der Waals surface area contributed by atoms with Gasteiger partial charge in [-0.1, -0.05) is 0 Å². The molecule has 1 aliphatic heterocycles. The molecule has 49 heavy (non-hydrogen) atoms. The quantitative estimate of drug-likeness (QED) is 0.135. The van der Waals surface area contributed by atoms with Gasteiger partial charge in [0, 0.05) is 31.6 Å². The van der Waals surface area contributed by atoms with Crippen molar-refractivity contribution >= 4 is 32.3 Å². The molecule has 0 radical (unpaired) electrons. The zero-order valence-electron chi connectivity index (χ0n) is 30.0. The Morgan fingerprint density at radius 1 is 0.735 bits per heavy atom. The van der Waals surface area contributed by atoms with Gasteiger partial charge >= 0.3 is 14.9 Å². The molecule has 13 nitrogen and oxygen atoms in total. The Bertz CT molecular complexity index is 885. The molecule has 1 N–H and O–H groups in total. The fraction of sp³-hybridized carbons (Fsp3) is 0.794. The zero-order valence-corrected chi connectivity index (χ0v) is 31.8. The van der Waals surface area contributed by atoms with Crippen LogP contribution in [0.25, 0.3) is 0 Å². The van der Waals surface area contributed by atoms with Gasteiger partial charge in [-0.15, -0.1) is 0 Å². The average Bonchev–Trinajstić information content (AvgIpc) is 3.09. The Hall–Kier alpha value is -1.50. The van der Waals surface area contributed by atoms with E-state index in [4.69, 9.17) is 51.2 Å². The Kier molecular flexibility index (Phi) is 26.9. The van der Waals surface area contributed by atoms with Crippen molar-refractivity contribution < 1.29 is 56.0 Å².